The summed E-state index contributed by atoms with van der Waals surface area (Å²) >= 11 is 3.07. The van der Waals surface area contributed by atoms with Gasteiger partial charge in [0.2, 0.25) is 5.13 Å². The third-order valence-corrected chi connectivity index (χ3v) is 5.15. The van der Waals surface area contributed by atoms with Crippen molar-refractivity contribution in [1.82, 2.24) is 10.2 Å². The number of aryl methyl sites for hydroxylation is 1. The van der Waals surface area contributed by atoms with Crippen LogP contribution >= 0.6 is 23.1 Å². The lowest BCUT2D eigenvalue weighted by molar-refractivity contribution is 0.262. The number of thioether (sulfide) groups is 1. The molecule has 0 unspecified atom stereocenters. The lowest BCUT2D eigenvalue weighted by Gasteiger charge is -2.05. The van der Waals surface area contributed by atoms with E-state index in [-0.39, 0.29) is 6.03 Å². The highest BCUT2D eigenvalue weighted by atomic mass is 32.2. The monoisotopic (exact) mass is 356 g/mol. The normalized spacial score (nSPS) is 10.4. The second-order valence-electron chi connectivity index (χ2n) is 5.05. The van der Waals surface area contributed by atoms with E-state index < -0.39 is 0 Å². The minimum absolute atomic E-state index is 0.322. The molecule has 0 spiro atoms. The largest absolute Gasteiger partial charge is 0.325 e. The molecule has 0 radical (unpaired) electrons. The van der Waals surface area contributed by atoms with Crippen molar-refractivity contribution in [3.63, 3.8) is 0 Å². The summed E-state index contributed by atoms with van der Waals surface area (Å²) in [4.78, 5) is 13.1. The van der Waals surface area contributed by atoms with E-state index in [1.54, 1.807) is 11.8 Å². The van der Waals surface area contributed by atoms with Crippen molar-refractivity contribution in [3.8, 4) is 0 Å². The first-order chi connectivity index (χ1) is 11.7. The van der Waals surface area contributed by atoms with Crippen LogP contribution in [-0.4, -0.2) is 16.2 Å². The molecule has 3 rings (SSSR count). The lowest BCUT2D eigenvalue weighted by Crippen LogP contribution is -2.19. The Morgan fingerprint density at radius 2 is 1.79 bits per heavy atom. The van der Waals surface area contributed by atoms with E-state index in [4.69, 9.17) is 0 Å². The van der Waals surface area contributed by atoms with Crippen molar-refractivity contribution < 1.29 is 4.79 Å². The van der Waals surface area contributed by atoms with Crippen LogP contribution in [0.3, 0.4) is 0 Å². The number of carbonyl (C=O) groups excluding carboxylic acids is 1. The predicted molar refractivity (Wildman–Crippen MR) is 99.7 cm³/mol. The maximum atomic E-state index is 12.0. The Balaban J connectivity index is 1.51. The summed E-state index contributed by atoms with van der Waals surface area (Å²) in [5, 5.41) is 15.0. The molecule has 0 fully saturated rings. The fourth-order valence-corrected chi connectivity index (χ4v) is 3.56. The molecule has 3 aromatic rings. The molecule has 7 heteroatoms. The number of carbonyl (C=O) groups is 1. The number of aromatic nitrogens is 2. The van der Waals surface area contributed by atoms with E-state index in [0.29, 0.717) is 5.13 Å². The van der Waals surface area contributed by atoms with Gasteiger partial charge < -0.3 is 5.32 Å². The minimum atomic E-state index is -0.322. The highest BCUT2D eigenvalue weighted by molar-refractivity contribution is 7.98. The molecule has 1 heterocycles. The number of hydrogen-bond donors (Lipinski definition) is 2. The van der Waals surface area contributed by atoms with Gasteiger partial charge in [0.25, 0.3) is 0 Å². The van der Waals surface area contributed by atoms with E-state index >= 15 is 0 Å². The number of benzene rings is 2. The van der Waals surface area contributed by atoms with Gasteiger partial charge in [0, 0.05) is 10.6 Å². The Kier molecular flexibility index (Phi) is 5.45. The molecule has 0 saturated carbocycles. The average molecular weight is 356 g/mol. The van der Waals surface area contributed by atoms with Gasteiger partial charge in [-0.1, -0.05) is 47.2 Å². The molecule has 0 aliphatic rings. The summed E-state index contributed by atoms with van der Waals surface area (Å²) in [7, 11) is 0. The molecule has 24 heavy (non-hydrogen) atoms. The Bertz CT molecular complexity index is 803. The topological polar surface area (TPSA) is 66.9 Å². The first-order valence-corrected chi connectivity index (χ1v) is 9.14. The second-order valence-corrected chi connectivity index (χ2v) is 7.16. The van der Waals surface area contributed by atoms with Crippen LogP contribution in [0.25, 0.3) is 0 Å². The van der Waals surface area contributed by atoms with E-state index in [0.717, 1.165) is 22.0 Å². The van der Waals surface area contributed by atoms with Gasteiger partial charge in [-0.2, -0.15) is 0 Å². The van der Waals surface area contributed by atoms with Gasteiger partial charge in [-0.3, -0.25) is 5.32 Å². The van der Waals surface area contributed by atoms with Gasteiger partial charge in [-0.05, 0) is 31.2 Å². The number of urea groups is 1. The molecule has 0 saturated heterocycles. The summed E-state index contributed by atoms with van der Waals surface area (Å²) in [6, 6.07) is 17.4. The zero-order chi connectivity index (χ0) is 16.8. The zero-order valence-electron chi connectivity index (χ0n) is 13.0. The van der Waals surface area contributed by atoms with Crippen molar-refractivity contribution in [1.29, 1.82) is 0 Å². The zero-order valence-corrected chi connectivity index (χ0v) is 14.7. The van der Waals surface area contributed by atoms with Crippen LogP contribution in [0.15, 0.2) is 59.5 Å². The van der Waals surface area contributed by atoms with Gasteiger partial charge in [0.05, 0.1) is 5.75 Å². The smallest absolute Gasteiger partial charge is 0.308 e. The van der Waals surface area contributed by atoms with Crippen molar-refractivity contribution in [2.75, 3.05) is 10.6 Å². The average Bonchev–Trinajstić information content (AvgIpc) is 3.03. The number of nitrogens with one attached hydrogen (secondary N) is 2. The molecule has 0 aliphatic carbocycles. The lowest BCUT2D eigenvalue weighted by atomic mass is 10.2. The van der Waals surface area contributed by atoms with Crippen LogP contribution in [0.2, 0.25) is 0 Å². The van der Waals surface area contributed by atoms with Crippen LogP contribution in [0, 0.1) is 6.92 Å². The molecule has 2 aromatic carbocycles. The molecular weight excluding hydrogens is 340 g/mol. The van der Waals surface area contributed by atoms with Gasteiger partial charge in [0.1, 0.15) is 5.01 Å². The van der Waals surface area contributed by atoms with Gasteiger partial charge in [-0.25, -0.2) is 4.79 Å². The molecular formula is C17H16N4OS2. The number of nitrogens with zero attached hydrogens (tertiary/aromatic N) is 2. The van der Waals surface area contributed by atoms with E-state index in [1.807, 2.05) is 49.4 Å². The van der Waals surface area contributed by atoms with E-state index in [2.05, 4.69) is 33.0 Å². The Morgan fingerprint density at radius 1 is 1.04 bits per heavy atom. The minimum Gasteiger partial charge on any atom is -0.308 e. The summed E-state index contributed by atoms with van der Waals surface area (Å²) in [6.07, 6.45) is 0. The Labute approximate surface area is 148 Å². The van der Waals surface area contributed by atoms with Crippen molar-refractivity contribution in [2.24, 2.45) is 0 Å². The second kappa shape index (κ2) is 7.94. The number of amides is 2. The summed E-state index contributed by atoms with van der Waals surface area (Å²) in [6.45, 7) is 2.00. The number of rotatable bonds is 5. The van der Waals surface area contributed by atoms with Gasteiger partial charge >= 0.3 is 6.03 Å². The molecule has 0 aliphatic heterocycles. The fourth-order valence-electron chi connectivity index (χ4n) is 1.92. The maximum absolute atomic E-state index is 12.0. The van der Waals surface area contributed by atoms with Crippen LogP contribution in [-0.2, 0) is 5.75 Å². The first kappa shape index (κ1) is 16.5. The highest BCUT2D eigenvalue weighted by Crippen LogP contribution is 2.25. The van der Waals surface area contributed by atoms with E-state index in [9.17, 15) is 4.79 Å². The van der Waals surface area contributed by atoms with Crippen LogP contribution in [0.4, 0.5) is 15.6 Å². The molecule has 1 aromatic heterocycles. The molecule has 0 atom stereocenters. The summed E-state index contributed by atoms with van der Waals surface area (Å²) in [5.41, 5.74) is 1.88. The standard InChI is InChI=1S/C17H16N4OS2/c1-12-7-9-13(10-8-12)18-16(22)19-17-21-20-15(24-17)11-23-14-5-3-2-4-6-14/h2-10H,11H2,1H3,(H2,18,19,21,22). The van der Waals surface area contributed by atoms with Crippen LogP contribution in [0.1, 0.15) is 10.6 Å². The van der Waals surface area contributed by atoms with Crippen molar-refractivity contribution in [3.05, 3.63) is 65.2 Å². The number of anilines is 2. The third-order valence-electron chi connectivity index (χ3n) is 3.10. The fraction of sp³-hybridized carbons (Fsp3) is 0.118. The van der Waals surface area contributed by atoms with Crippen molar-refractivity contribution in [2.45, 2.75) is 17.6 Å². The van der Waals surface area contributed by atoms with Crippen LogP contribution < -0.4 is 10.6 Å². The SMILES string of the molecule is Cc1ccc(NC(=O)Nc2nnc(CSc3ccccc3)s2)cc1. The quantitative estimate of drug-likeness (QED) is 0.646. The summed E-state index contributed by atoms with van der Waals surface area (Å²) < 4.78 is 0. The number of hydrogen-bond acceptors (Lipinski definition) is 5. The maximum Gasteiger partial charge on any atom is 0.325 e. The molecule has 2 amide bonds. The van der Waals surface area contributed by atoms with Crippen molar-refractivity contribution >= 4 is 39.9 Å². The van der Waals surface area contributed by atoms with Gasteiger partial charge in [-0.15, -0.1) is 22.0 Å². The molecule has 0 bridgehead atoms. The highest BCUT2D eigenvalue weighted by Gasteiger charge is 2.08. The Morgan fingerprint density at radius 3 is 2.54 bits per heavy atom. The van der Waals surface area contributed by atoms with Gasteiger partial charge in [0.15, 0.2) is 0 Å². The molecule has 5 nitrogen and oxygen atoms in total. The van der Waals surface area contributed by atoms with Crippen LogP contribution in [0.5, 0.6) is 0 Å². The Hall–Kier alpha value is -2.38. The molecule has 2 N–H and O–H groups in total. The third kappa shape index (κ3) is 4.81. The van der Waals surface area contributed by atoms with E-state index in [1.165, 1.54) is 16.2 Å². The summed E-state index contributed by atoms with van der Waals surface area (Å²) in [5.74, 6) is 0.725. The predicted octanol–water partition coefficient (Wildman–Crippen LogP) is 4.78. The molecule has 122 valence electrons. The first-order valence-electron chi connectivity index (χ1n) is 7.34.